The molecule has 13 aromatic rings. The third-order valence-electron chi connectivity index (χ3n) is 11.9. The highest BCUT2D eigenvalue weighted by atomic mass is 16.3. The van der Waals surface area contributed by atoms with Crippen LogP contribution in [0, 0.1) is 0 Å². The summed E-state index contributed by atoms with van der Waals surface area (Å²) in [6, 6.07) is 63.0. The normalized spacial score (nSPS) is 12.3. The van der Waals surface area contributed by atoms with Gasteiger partial charge in [0, 0.05) is 37.9 Å². The quantitative estimate of drug-likeness (QED) is 0.168. The molecule has 0 fully saturated rings. The van der Waals surface area contributed by atoms with E-state index >= 15 is 0 Å². The van der Waals surface area contributed by atoms with Crippen LogP contribution in [0.25, 0.3) is 126 Å². The molecule has 4 heteroatoms. The molecular formula is C52H29N3O. The molecule has 0 bridgehead atoms. The summed E-state index contributed by atoms with van der Waals surface area (Å²) < 4.78 is 8.66. The van der Waals surface area contributed by atoms with Crippen LogP contribution in [0.1, 0.15) is 0 Å². The summed E-state index contributed by atoms with van der Waals surface area (Å²) in [6.07, 6.45) is 0. The van der Waals surface area contributed by atoms with E-state index in [0.29, 0.717) is 0 Å². The zero-order chi connectivity index (χ0) is 36.5. The lowest BCUT2D eigenvalue weighted by atomic mass is 9.91. The van der Waals surface area contributed by atoms with Gasteiger partial charge < -0.3 is 4.42 Å². The summed E-state index contributed by atoms with van der Waals surface area (Å²) >= 11 is 0. The van der Waals surface area contributed by atoms with Crippen LogP contribution in [-0.4, -0.2) is 14.5 Å². The molecule has 0 unspecified atom stereocenters. The zero-order valence-corrected chi connectivity index (χ0v) is 30.0. The molecule has 0 atom stereocenters. The standard InChI is InChI=1S/C52H29N3O/c1-3-13-33-30(11-1)22-26-43-48(33)49-44(27-24-40-37-17-6-5-15-35(37)36-16-7-8-19-39(36)47(40)49)55(43)52-50(53-42-25-21-31-12-2-4-14-34(31)51(42)54-52)32-23-28-46-41(29-32)38-18-9-10-20-45(38)56-46/h1-29H. The lowest BCUT2D eigenvalue weighted by molar-refractivity contribution is 0.669. The van der Waals surface area contributed by atoms with Crippen LogP contribution >= 0.6 is 0 Å². The van der Waals surface area contributed by atoms with Crippen molar-refractivity contribution in [1.29, 1.82) is 0 Å². The Morgan fingerprint density at radius 2 is 0.946 bits per heavy atom. The maximum atomic E-state index is 6.29. The molecule has 258 valence electrons. The van der Waals surface area contributed by atoms with Crippen molar-refractivity contribution in [1.82, 2.24) is 14.5 Å². The fourth-order valence-electron chi connectivity index (χ4n) is 9.49. The Bertz CT molecular complexity index is 3800. The molecule has 10 aromatic carbocycles. The largest absolute Gasteiger partial charge is 0.456 e. The molecule has 0 spiro atoms. The van der Waals surface area contributed by atoms with Crippen molar-refractivity contribution in [3.05, 3.63) is 176 Å². The van der Waals surface area contributed by atoms with Gasteiger partial charge in [-0.15, -0.1) is 0 Å². The van der Waals surface area contributed by atoms with Gasteiger partial charge in [0.25, 0.3) is 0 Å². The van der Waals surface area contributed by atoms with Gasteiger partial charge in [-0.25, -0.2) is 9.97 Å². The van der Waals surface area contributed by atoms with Crippen LogP contribution in [0.5, 0.6) is 0 Å². The van der Waals surface area contributed by atoms with Crippen LogP contribution < -0.4 is 0 Å². The topological polar surface area (TPSA) is 43.9 Å². The summed E-state index contributed by atoms with van der Waals surface area (Å²) in [5.74, 6) is 0.792. The van der Waals surface area contributed by atoms with Gasteiger partial charge in [-0.3, -0.25) is 4.57 Å². The van der Waals surface area contributed by atoms with Crippen molar-refractivity contribution in [2.24, 2.45) is 0 Å². The van der Waals surface area contributed by atoms with Crippen molar-refractivity contribution < 1.29 is 4.42 Å². The Hall–Kier alpha value is -7.56. The third kappa shape index (κ3) is 3.97. The number of benzene rings is 10. The Morgan fingerprint density at radius 1 is 0.375 bits per heavy atom. The Labute approximate surface area is 319 Å². The first kappa shape index (κ1) is 29.8. The fraction of sp³-hybridized carbons (Fsp3) is 0. The number of rotatable bonds is 2. The number of fused-ring (bicyclic) bond motifs is 18. The van der Waals surface area contributed by atoms with Crippen LogP contribution in [-0.2, 0) is 0 Å². The molecule has 4 nitrogen and oxygen atoms in total. The molecule has 0 radical (unpaired) electrons. The fourth-order valence-corrected chi connectivity index (χ4v) is 9.49. The number of hydrogen-bond acceptors (Lipinski definition) is 3. The van der Waals surface area contributed by atoms with E-state index in [2.05, 4.69) is 168 Å². The molecule has 0 aliphatic rings. The lowest BCUT2D eigenvalue weighted by Crippen LogP contribution is -2.04. The Morgan fingerprint density at radius 3 is 1.75 bits per heavy atom. The monoisotopic (exact) mass is 711 g/mol. The minimum Gasteiger partial charge on any atom is -0.456 e. The van der Waals surface area contributed by atoms with E-state index in [1.54, 1.807) is 0 Å². The maximum Gasteiger partial charge on any atom is 0.165 e. The smallest absolute Gasteiger partial charge is 0.165 e. The van der Waals surface area contributed by atoms with Crippen molar-refractivity contribution >= 4 is 109 Å². The van der Waals surface area contributed by atoms with Gasteiger partial charge in [0.1, 0.15) is 16.9 Å². The molecule has 13 rings (SSSR count). The second-order valence-electron chi connectivity index (χ2n) is 14.8. The van der Waals surface area contributed by atoms with E-state index in [9.17, 15) is 0 Å². The highest BCUT2D eigenvalue weighted by Crippen LogP contribution is 2.46. The average molecular weight is 712 g/mol. The summed E-state index contributed by atoms with van der Waals surface area (Å²) in [4.78, 5) is 11.2. The van der Waals surface area contributed by atoms with E-state index < -0.39 is 0 Å². The van der Waals surface area contributed by atoms with Crippen LogP contribution in [0.3, 0.4) is 0 Å². The second-order valence-corrected chi connectivity index (χ2v) is 14.8. The van der Waals surface area contributed by atoms with Gasteiger partial charge in [0.05, 0.1) is 22.1 Å². The molecule has 0 amide bonds. The number of aromatic nitrogens is 3. The molecule has 0 saturated carbocycles. The predicted octanol–water partition coefficient (Wildman–Crippen LogP) is 14.1. The van der Waals surface area contributed by atoms with Gasteiger partial charge in [0.15, 0.2) is 5.82 Å². The first-order valence-electron chi connectivity index (χ1n) is 19.1. The molecule has 0 aliphatic carbocycles. The van der Waals surface area contributed by atoms with Crippen LogP contribution in [0.15, 0.2) is 180 Å². The van der Waals surface area contributed by atoms with Crippen molar-refractivity contribution in [3.8, 4) is 17.1 Å². The first-order chi connectivity index (χ1) is 27.8. The molecule has 3 heterocycles. The average Bonchev–Trinajstić information content (AvgIpc) is 3.81. The SMILES string of the molecule is c1ccc2c(c1)ccc1nc(-c3ccc4oc5ccccc5c4c3)c(-n3c4ccc5ccccc5c4c4c5c6ccccc6c6ccccc6c5ccc43)nc12. The van der Waals surface area contributed by atoms with Gasteiger partial charge in [-0.05, 0) is 85.6 Å². The minimum atomic E-state index is 0.792. The highest BCUT2D eigenvalue weighted by Gasteiger charge is 2.24. The zero-order valence-electron chi connectivity index (χ0n) is 30.0. The van der Waals surface area contributed by atoms with Gasteiger partial charge in [-0.2, -0.15) is 0 Å². The Balaban J connectivity index is 1.26. The molecule has 0 aliphatic heterocycles. The second kappa shape index (κ2) is 11.0. The van der Waals surface area contributed by atoms with E-state index in [0.717, 1.165) is 71.9 Å². The number of nitrogens with zero attached hydrogens (tertiary/aromatic N) is 3. The van der Waals surface area contributed by atoms with E-state index in [-0.39, 0.29) is 0 Å². The number of hydrogen-bond donors (Lipinski definition) is 0. The number of para-hydroxylation sites is 1. The molecule has 0 saturated heterocycles. The lowest BCUT2D eigenvalue weighted by Gasteiger charge is -2.15. The predicted molar refractivity (Wildman–Crippen MR) is 234 cm³/mol. The van der Waals surface area contributed by atoms with Gasteiger partial charge in [0.2, 0.25) is 0 Å². The minimum absolute atomic E-state index is 0.792. The van der Waals surface area contributed by atoms with E-state index in [1.807, 2.05) is 12.1 Å². The third-order valence-corrected chi connectivity index (χ3v) is 11.9. The first-order valence-corrected chi connectivity index (χ1v) is 19.1. The molecular weight excluding hydrogens is 683 g/mol. The van der Waals surface area contributed by atoms with Crippen molar-refractivity contribution in [2.75, 3.05) is 0 Å². The van der Waals surface area contributed by atoms with Gasteiger partial charge >= 0.3 is 0 Å². The van der Waals surface area contributed by atoms with E-state index in [4.69, 9.17) is 14.4 Å². The maximum absolute atomic E-state index is 6.29. The Kier molecular flexibility index (Phi) is 5.86. The van der Waals surface area contributed by atoms with Crippen molar-refractivity contribution in [3.63, 3.8) is 0 Å². The number of furan rings is 1. The van der Waals surface area contributed by atoms with Gasteiger partial charge in [-0.1, -0.05) is 133 Å². The summed E-state index contributed by atoms with van der Waals surface area (Å²) in [7, 11) is 0. The summed E-state index contributed by atoms with van der Waals surface area (Å²) in [5.41, 5.74) is 7.44. The van der Waals surface area contributed by atoms with Crippen LogP contribution in [0.2, 0.25) is 0 Å². The highest BCUT2D eigenvalue weighted by molar-refractivity contribution is 6.38. The van der Waals surface area contributed by atoms with Crippen molar-refractivity contribution in [2.45, 2.75) is 0 Å². The summed E-state index contributed by atoms with van der Waals surface area (Å²) in [5, 5.41) is 16.7. The molecule has 0 N–H and O–H groups in total. The van der Waals surface area contributed by atoms with Crippen LogP contribution in [0.4, 0.5) is 0 Å². The summed E-state index contributed by atoms with van der Waals surface area (Å²) in [6.45, 7) is 0. The van der Waals surface area contributed by atoms with E-state index in [1.165, 1.54) is 53.9 Å². The molecule has 56 heavy (non-hydrogen) atoms. The molecule has 3 aromatic heterocycles.